The van der Waals surface area contributed by atoms with Crippen LogP contribution in [0, 0.1) is 0 Å². The summed E-state index contributed by atoms with van der Waals surface area (Å²) in [6.07, 6.45) is 0.769. The number of anilines is 1. The van der Waals surface area contributed by atoms with Crippen LogP contribution >= 0.6 is 0 Å². The molecule has 0 radical (unpaired) electrons. The van der Waals surface area contributed by atoms with Crippen LogP contribution in [-0.2, 0) is 21.4 Å². The first-order valence-electron chi connectivity index (χ1n) is 8.00. The normalized spacial score (nSPS) is 16.6. The Balaban J connectivity index is 1.58. The first-order chi connectivity index (χ1) is 11.6. The molecule has 2 aromatic rings. The largest absolute Gasteiger partial charge is 0.384 e. The molecule has 24 heavy (non-hydrogen) atoms. The summed E-state index contributed by atoms with van der Waals surface area (Å²) in [7, 11) is -1.86. The highest BCUT2D eigenvalue weighted by Gasteiger charge is 2.22. The lowest BCUT2D eigenvalue weighted by Crippen LogP contribution is -2.26. The van der Waals surface area contributed by atoms with Gasteiger partial charge in [0.25, 0.3) is 0 Å². The van der Waals surface area contributed by atoms with Gasteiger partial charge in [0.2, 0.25) is 10.0 Å². The SMILES string of the molecule is COCc1ccc(S(=O)(=O)NCCC2CNc3ccccc32)cc1. The Morgan fingerprint density at radius 1 is 1.17 bits per heavy atom. The van der Waals surface area contributed by atoms with E-state index in [0.717, 1.165) is 24.2 Å². The van der Waals surface area contributed by atoms with Crippen LogP contribution in [-0.4, -0.2) is 28.6 Å². The molecule has 6 heteroatoms. The van der Waals surface area contributed by atoms with Crippen molar-refractivity contribution < 1.29 is 13.2 Å². The molecule has 0 saturated carbocycles. The molecule has 2 aromatic carbocycles. The van der Waals surface area contributed by atoms with Crippen LogP contribution in [0.1, 0.15) is 23.5 Å². The summed E-state index contributed by atoms with van der Waals surface area (Å²) < 4.78 is 32.5. The minimum atomic E-state index is -3.47. The van der Waals surface area contributed by atoms with Gasteiger partial charge < -0.3 is 10.1 Å². The van der Waals surface area contributed by atoms with Gasteiger partial charge in [-0.1, -0.05) is 30.3 Å². The smallest absolute Gasteiger partial charge is 0.240 e. The van der Waals surface area contributed by atoms with Gasteiger partial charge in [-0.2, -0.15) is 0 Å². The topological polar surface area (TPSA) is 67.4 Å². The van der Waals surface area contributed by atoms with Crippen molar-refractivity contribution in [1.82, 2.24) is 4.72 Å². The number of hydrogen-bond acceptors (Lipinski definition) is 4. The number of benzene rings is 2. The quantitative estimate of drug-likeness (QED) is 0.809. The van der Waals surface area contributed by atoms with E-state index in [9.17, 15) is 8.42 Å². The van der Waals surface area contributed by atoms with Gasteiger partial charge in [0.15, 0.2) is 0 Å². The van der Waals surface area contributed by atoms with Crippen LogP contribution in [0.5, 0.6) is 0 Å². The molecule has 1 aliphatic rings. The zero-order valence-electron chi connectivity index (χ0n) is 13.7. The van der Waals surface area contributed by atoms with E-state index >= 15 is 0 Å². The van der Waals surface area contributed by atoms with Crippen molar-refractivity contribution in [3.05, 3.63) is 59.7 Å². The fraction of sp³-hybridized carbons (Fsp3) is 0.333. The lowest BCUT2D eigenvalue weighted by Gasteiger charge is -2.12. The standard InChI is InChI=1S/C18H22N2O3S/c1-23-13-14-6-8-16(9-7-14)24(21,22)20-11-10-15-12-19-18-5-3-2-4-17(15)18/h2-9,15,19-20H,10-13H2,1H3. The molecule has 1 atom stereocenters. The monoisotopic (exact) mass is 346 g/mol. The molecule has 0 bridgehead atoms. The average Bonchev–Trinajstić information content (AvgIpc) is 2.99. The fourth-order valence-corrected chi connectivity index (χ4v) is 4.04. The molecule has 0 aromatic heterocycles. The number of sulfonamides is 1. The van der Waals surface area contributed by atoms with E-state index in [1.54, 1.807) is 31.4 Å². The summed E-state index contributed by atoms with van der Waals surface area (Å²) >= 11 is 0. The zero-order chi connectivity index (χ0) is 17.0. The molecular formula is C18H22N2O3S. The number of nitrogens with one attached hydrogen (secondary N) is 2. The highest BCUT2D eigenvalue weighted by Crippen LogP contribution is 2.32. The van der Waals surface area contributed by atoms with Gasteiger partial charge in [0.05, 0.1) is 11.5 Å². The van der Waals surface area contributed by atoms with Crippen molar-refractivity contribution in [1.29, 1.82) is 0 Å². The second-order valence-corrected chi connectivity index (χ2v) is 7.70. The van der Waals surface area contributed by atoms with E-state index in [0.29, 0.717) is 19.1 Å². The number of rotatable bonds is 7. The second-order valence-electron chi connectivity index (χ2n) is 5.93. The maximum absolute atomic E-state index is 12.4. The van der Waals surface area contributed by atoms with Crippen molar-refractivity contribution in [2.24, 2.45) is 0 Å². The minimum absolute atomic E-state index is 0.285. The van der Waals surface area contributed by atoms with Gasteiger partial charge in [-0.15, -0.1) is 0 Å². The molecule has 0 spiro atoms. The lowest BCUT2D eigenvalue weighted by molar-refractivity contribution is 0.185. The van der Waals surface area contributed by atoms with E-state index in [2.05, 4.69) is 22.2 Å². The summed E-state index contributed by atoms with van der Waals surface area (Å²) in [5.41, 5.74) is 3.37. The van der Waals surface area contributed by atoms with Crippen LogP contribution in [0.4, 0.5) is 5.69 Å². The summed E-state index contributed by atoms with van der Waals surface area (Å²) in [6, 6.07) is 15.0. The summed E-state index contributed by atoms with van der Waals surface area (Å²) in [4.78, 5) is 0.285. The van der Waals surface area contributed by atoms with Crippen molar-refractivity contribution >= 4 is 15.7 Å². The van der Waals surface area contributed by atoms with Crippen molar-refractivity contribution in [3.63, 3.8) is 0 Å². The van der Waals surface area contributed by atoms with Crippen LogP contribution < -0.4 is 10.0 Å². The summed E-state index contributed by atoms with van der Waals surface area (Å²) in [5, 5.41) is 3.36. The third kappa shape index (κ3) is 3.77. The van der Waals surface area contributed by atoms with Crippen LogP contribution in [0.3, 0.4) is 0 Å². The van der Waals surface area contributed by atoms with E-state index < -0.39 is 10.0 Å². The molecular weight excluding hydrogens is 324 g/mol. The van der Waals surface area contributed by atoms with E-state index in [1.165, 1.54) is 5.56 Å². The molecule has 0 fully saturated rings. The predicted octanol–water partition coefficient (Wildman–Crippen LogP) is 2.71. The maximum Gasteiger partial charge on any atom is 0.240 e. The first-order valence-corrected chi connectivity index (χ1v) is 9.49. The van der Waals surface area contributed by atoms with E-state index in [1.807, 2.05) is 12.1 Å². The number of hydrogen-bond donors (Lipinski definition) is 2. The van der Waals surface area contributed by atoms with Crippen LogP contribution in [0.2, 0.25) is 0 Å². The van der Waals surface area contributed by atoms with Gasteiger partial charge in [-0.25, -0.2) is 13.1 Å². The number of para-hydroxylation sites is 1. The Bertz CT molecular complexity index is 788. The Morgan fingerprint density at radius 2 is 1.92 bits per heavy atom. The van der Waals surface area contributed by atoms with Gasteiger partial charge in [-0.3, -0.25) is 0 Å². The molecule has 0 saturated heterocycles. The Hall–Kier alpha value is -1.89. The van der Waals surface area contributed by atoms with Crippen molar-refractivity contribution in [3.8, 4) is 0 Å². The highest BCUT2D eigenvalue weighted by molar-refractivity contribution is 7.89. The van der Waals surface area contributed by atoms with Crippen LogP contribution in [0.25, 0.3) is 0 Å². The second kappa shape index (κ2) is 7.34. The van der Waals surface area contributed by atoms with Crippen molar-refractivity contribution in [2.75, 3.05) is 25.5 Å². The van der Waals surface area contributed by atoms with E-state index in [4.69, 9.17) is 4.74 Å². The number of ether oxygens (including phenoxy) is 1. The minimum Gasteiger partial charge on any atom is -0.384 e. The van der Waals surface area contributed by atoms with Crippen LogP contribution in [0.15, 0.2) is 53.4 Å². The van der Waals surface area contributed by atoms with Gasteiger partial charge >= 0.3 is 0 Å². The lowest BCUT2D eigenvalue weighted by atomic mass is 9.98. The van der Waals surface area contributed by atoms with E-state index in [-0.39, 0.29) is 4.90 Å². The Kier molecular flexibility index (Phi) is 5.18. The number of fused-ring (bicyclic) bond motifs is 1. The molecule has 0 aliphatic carbocycles. The molecule has 1 heterocycles. The van der Waals surface area contributed by atoms with Crippen molar-refractivity contribution in [2.45, 2.75) is 23.8 Å². The number of methoxy groups -OCH3 is 1. The molecule has 3 rings (SSSR count). The summed E-state index contributed by atoms with van der Waals surface area (Å²) in [6.45, 7) is 1.75. The maximum atomic E-state index is 12.4. The molecule has 0 amide bonds. The zero-order valence-corrected chi connectivity index (χ0v) is 14.5. The molecule has 5 nitrogen and oxygen atoms in total. The third-order valence-electron chi connectivity index (χ3n) is 4.27. The molecule has 128 valence electrons. The average molecular weight is 346 g/mol. The third-order valence-corrected chi connectivity index (χ3v) is 5.75. The van der Waals surface area contributed by atoms with Gasteiger partial charge in [0.1, 0.15) is 0 Å². The molecule has 1 unspecified atom stereocenters. The predicted molar refractivity (Wildman–Crippen MR) is 94.6 cm³/mol. The first kappa shape index (κ1) is 17.0. The van der Waals surface area contributed by atoms with Gasteiger partial charge in [-0.05, 0) is 35.7 Å². The Morgan fingerprint density at radius 3 is 2.67 bits per heavy atom. The van der Waals surface area contributed by atoms with Gasteiger partial charge in [0, 0.05) is 31.8 Å². The molecule has 1 aliphatic heterocycles. The summed E-state index contributed by atoms with van der Waals surface area (Å²) in [5.74, 6) is 0.341. The highest BCUT2D eigenvalue weighted by atomic mass is 32.2. The fourth-order valence-electron chi connectivity index (χ4n) is 3.00. The Labute approximate surface area is 143 Å². The molecule has 2 N–H and O–H groups in total.